The van der Waals surface area contributed by atoms with Gasteiger partial charge in [0.2, 0.25) is 5.91 Å². The number of carbonyl (C=O) groups excluding carboxylic acids is 2. The number of para-hydroxylation sites is 1. The number of nitrogens with zero attached hydrogens (tertiary/aromatic N) is 2. The number of urea groups is 1. The molecule has 0 spiro atoms. The lowest BCUT2D eigenvalue weighted by Crippen LogP contribution is -2.51. The Hall–Kier alpha value is -3.06. The summed E-state index contributed by atoms with van der Waals surface area (Å²) in [6.45, 7) is 3.43. The molecule has 7 heteroatoms. The van der Waals surface area contributed by atoms with Crippen molar-refractivity contribution in [3.05, 3.63) is 60.2 Å². The van der Waals surface area contributed by atoms with Crippen LogP contribution >= 0.6 is 0 Å². The summed E-state index contributed by atoms with van der Waals surface area (Å²) in [6, 6.07) is 17.6. The summed E-state index contributed by atoms with van der Waals surface area (Å²) in [6.07, 6.45) is 0. The molecule has 0 saturated carbocycles. The lowest BCUT2D eigenvalue weighted by molar-refractivity contribution is -0.119. The Balaban J connectivity index is 1.46. The molecule has 0 radical (unpaired) electrons. The van der Waals surface area contributed by atoms with Gasteiger partial charge in [-0.05, 0) is 29.8 Å². The third-order valence-electron chi connectivity index (χ3n) is 4.62. The molecule has 0 aliphatic carbocycles. The van der Waals surface area contributed by atoms with Crippen LogP contribution < -0.4 is 15.5 Å². The fourth-order valence-electron chi connectivity index (χ4n) is 3.18. The third kappa shape index (κ3) is 5.47. The van der Waals surface area contributed by atoms with Crippen molar-refractivity contribution >= 4 is 23.3 Å². The van der Waals surface area contributed by atoms with E-state index in [0.717, 1.165) is 18.7 Å². The van der Waals surface area contributed by atoms with E-state index in [1.807, 2.05) is 47.4 Å². The Kier molecular flexibility index (Phi) is 6.86. The number of carbonyl (C=O) groups is 2. The molecule has 3 amide bonds. The van der Waals surface area contributed by atoms with Gasteiger partial charge < -0.3 is 25.2 Å². The van der Waals surface area contributed by atoms with Crippen LogP contribution in [0.1, 0.15) is 5.56 Å². The maximum absolute atomic E-state index is 12.5. The fraction of sp³-hybridized carbons (Fsp3) is 0.333. The molecule has 0 atom stereocenters. The number of amides is 3. The van der Waals surface area contributed by atoms with E-state index < -0.39 is 0 Å². The Labute approximate surface area is 165 Å². The van der Waals surface area contributed by atoms with Gasteiger partial charge >= 0.3 is 6.03 Å². The summed E-state index contributed by atoms with van der Waals surface area (Å²) >= 11 is 0. The number of ether oxygens (including phenoxy) is 1. The van der Waals surface area contributed by atoms with Gasteiger partial charge in [0.15, 0.2) is 0 Å². The maximum atomic E-state index is 12.5. The molecule has 7 nitrogen and oxygen atoms in total. The average Bonchev–Trinajstić information content (AvgIpc) is 2.73. The monoisotopic (exact) mass is 382 g/mol. The van der Waals surface area contributed by atoms with Gasteiger partial charge in [0, 0.05) is 51.2 Å². The van der Waals surface area contributed by atoms with Crippen LogP contribution in [0.3, 0.4) is 0 Å². The molecule has 2 N–H and O–H groups in total. The number of anilines is 2. The Morgan fingerprint density at radius 1 is 1.00 bits per heavy atom. The van der Waals surface area contributed by atoms with E-state index in [2.05, 4.69) is 27.7 Å². The average molecular weight is 382 g/mol. The van der Waals surface area contributed by atoms with Crippen molar-refractivity contribution in [2.24, 2.45) is 0 Å². The summed E-state index contributed by atoms with van der Waals surface area (Å²) in [4.78, 5) is 28.2. The van der Waals surface area contributed by atoms with Crippen LogP contribution in [0.2, 0.25) is 0 Å². The molecule has 28 heavy (non-hydrogen) atoms. The van der Waals surface area contributed by atoms with Crippen LogP contribution in [0.15, 0.2) is 54.6 Å². The number of rotatable bonds is 6. The van der Waals surface area contributed by atoms with Gasteiger partial charge in [-0.2, -0.15) is 0 Å². The zero-order chi connectivity index (χ0) is 19.8. The Morgan fingerprint density at radius 3 is 2.46 bits per heavy atom. The molecule has 1 aliphatic heterocycles. The van der Waals surface area contributed by atoms with Gasteiger partial charge in [0.1, 0.15) is 6.61 Å². The second kappa shape index (κ2) is 9.75. The van der Waals surface area contributed by atoms with Crippen molar-refractivity contribution in [2.75, 3.05) is 50.1 Å². The van der Waals surface area contributed by atoms with Crippen molar-refractivity contribution in [3.8, 4) is 0 Å². The van der Waals surface area contributed by atoms with Crippen molar-refractivity contribution in [2.45, 2.75) is 6.54 Å². The van der Waals surface area contributed by atoms with Crippen LogP contribution in [0, 0.1) is 0 Å². The van der Waals surface area contributed by atoms with Gasteiger partial charge in [-0.25, -0.2) is 4.79 Å². The molecule has 0 unspecified atom stereocenters. The standard InChI is InChI=1S/C21H26N4O3/c1-28-16-20(26)23-18-7-5-6-17(14-18)15-22-21(27)25-12-10-24(11-13-25)19-8-3-2-4-9-19/h2-9,14H,10-13,15-16H2,1H3,(H,22,27)(H,23,26). The van der Waals surface area contributed by atoms with Crippen molar-refractivity contribution in [1.29, 1.82) is 0 Å². The highest BCUT2D eigenvalue weighted by molar-refractivity contribution is 5.91. The molecular formula is C21H26N4O3. The van der Waals surface area contributed by atoms with Gasteiger partial charge in [-0.3, -0.25) is 4.79 Å². The number of hydrogen-bond acceptors (Lipinski definition) is 4. The first-order chi connectivity index (χ1) is 13.7. The largest absolute Gasteiger partial charge is 0.375 e. The third-order valence-corrected chi connectivity index (χ3v) is 4.62. The summed E-state index contributed by atoms with van der Waals surface area (Å²) in [5, 5.41) is 5.72. The zero-order valence-corrected chi connectivity index (χ0v) is 16.1. The lowest BCUT2D eigenvalue weighted by Gasteiger charge is -2.36. The number of nitrogens with one attached hydrogen (secondary N) is 2. The number of benzene rings is 2. The molecule has 2 aromatic carbocycles. The van der Waals surface area contributed by atoms with Crippen LogP contribution in [0.25, 0.3) is 0 Å². The quantitative estimate of drug-likeness (QED) is 0.804. The molecular weight excluding hydrogens is 356 g/mol. The number of methoxy groups -OCH3 is 1. The van der Waals surface area contributed by atoms with Gasteiger partial charge in [-0.1, -0.05) is 30.3 Å². The topological polar surface area (TPSA) is 73.9 Å². The molecule has 1 heterocycles. The minimum atomic E-state index is -0.208. The highest BCUT2D eigenvalue weighted by Crippen LogP contribution is 2.16. The molecule has 1 fully saturated rings. The van der Waals surface area contributed by atoms with Crippen molar-refractivity contribution in [1.82, 2.24) is 10.2 Å². The van der Waals surface area contributed by atoms with Crippen LogP contribution in [0.4, 0.5) is 16.2 Å². The summed E-state index contributed by atoms with van der Waals surface area (Å²) in [5.41, 5.74) is 2.80. The number of hydrogen-bond donors (Lipinski definition) is 2. The smallest absolute Gasteiger partial charge is 0.317 e. The predicted molar refractivity (Wildman–Crippen MR) is 109 cm³/mol. The fourth-order valence-corrected chi connectivity index (χ4v) is 3.18. The van der Waals surface area contributed by atoms with E-state index in [9.17, 15) is 9.59 Å². The number of piperazine rings is 1. The SMILES string of the molecule is COCC(=O)Nc1cccc(CNC(=O)N2CCN(c3ccccc3)CC2)c1. The minimum absolute atomic E-state index is 0.00984. The van der Waals surface area contributed by atoms with Crippen LogP contribution in [-0.2, 0) is 16.1 Å². The van der Waals surface area contributed by atoms with E-state index in [1.165, 1.54) is 12.8 Å². The molecule has 0 bridgehead atoms. The molecule has 1 saturated heterocycles. The Morgan fingerprint density at radius 2 is 1.75 bits per heavy atom. The van der Waals surface area contributed by atoms with Gasteiger partial charge in [0.25, 0.3) is 0 Å². The summed E-state index contributed by atoms with van der Waals surface area (Å²) in [5.74, 6) is -0.208. The van der Waals surface area contributed by atoms with Crippen molar-refractivity contribution < 1.29 is 14.3 Å². The van der Waals surface area contributed by atoms with Crippen LogP contribution in [0.5, 0.6) is 0 Å². The van der Waals surface area contributed by atoms with Gasteiger partial charge in [-0.15, -0.1) is 0 Å². The van der Waals surface area contributed by atoms with E-state index >= 15 is 0 Å². The molecule has 0 aromatic heterocycles. The molecule has 3 rings (SSSR count). The molecule has 1 aliphatic rings. The minimum Gasteiger partial charge on any atom is -0.375 e. The normalized spacial score (nSPS) is 13.9. The van der Waals surface area contributed by atoms with E-state index in [4.69, 9.17) is 4.74 Å². The van der Waals surface area contributed by atoms with Gasteiger partial charge in [0.05, 0.1) is 0 Å². The van der Waals surface area contributed by atoms with Crippen LogP contribution in [-0.4, -0.2) is 56.7 Å². The molecule has 2 aromatic rings. The summed E-state index contributed by atoms with van der Waals surface area (Å²) < 4.78 is 4.81. The Bertz CT molecular complexity index is 789. The zero-order valence-electron chi connectivity index (χ0n) is 16.1. The first kappa shape index (κ1) is 19.7. The van der Waals surface area contributed by atoms with E-state index in [-0.39, 0.29) is 18.5 Å². The van der Waals surface area contributed by atoms with E-state index in [1.54, 1.807) is 0 Å². The van der Waals surface area contributed by atoms with E-state index in [0.29, 0.717) is 25.3 Å². The first-order valence-electron chi connectivity index (χ1n) is 9.36. The van der Waals surface area contributed by atoms with Crippen molar-refractivity contribution in [3.63, 3.8) is 0 Å². The lowest BCUT2D eigenvalue weighted by atomic mass is 10.2. The first-order valence-corrected chi connectivity index (χ1v) is 9.36. The predicted octanol–water partition coefficient (Wildman–Crippen LogP) is 2.30. The second-order valence-electron chi connectivity index (χ2n) is 6.65. The second-order valence-corrected chi connectivity index (χ2v) is 6.65. The highest BCUT2D eigenvalue weighted by Gasteiger charge is 2.20. The highest BCUT2D eigenvalue weighted by atomic mass is 16.5. The summed E-state index contributed by atoms with van der Waals surface area (Å²) in [7, 11) is 1.48. The molecule has 148 valence electrons. The maximum Gasteiger partial charge on any atom is 0.317 e.